The number of carbonyl (C=O) groups is 1. The van der Waals surface area contributed by atoms with Crippen LogP contribution in [0.1, 0.15) is 15.9 Å². The van der Waals surface area contributed by atoms with Crippen molar-refractivity contribution in [1.29, 1.82) is 0 Å². The van der Waals surface area contributed by atoms with Crippen LogP contribution in [0.2, 0.25) is 0 Å². The third-order valence-electron chi connectivity index (χ3n) is 2.71. The van der Waals surface area contributed by atoms with E-state index in [1.165, 1.54) is 4.90 Å². The Balaban J connectivity index is 2.39. The summed E-state index contributed by atoms with van der Waals surface area (Å²) >= 11 is 0. The van der Waals surface area contributed by atoms with Crippen LogP contribution in [-0.4, -0.2) is 37.2 Å². The van der Waals surface area contributed by atoms with Gasteiger partial charge in [0.05, 0.1) is 12.1 Å². The Labute approximate surface area is 93.8 Å². The number of nitrogens with zero attached hydrogens (tertiary/aromatic N) is 1. The maximum absolute atomic E-state index is 12.3. The molecule has 0 bridgehead atoms. The molecule has 4 heteroatoms. The van der Waals surface area contributed by atoms with Gasteiger partial charge in [-0.3, -0.25) is 4.79 Å². The van der Waals surface area contributed by atoms with E-state index < -0.39 is 6.67 Å². The Morgan fingerprint density at radius 3 is 3.06 bits per heavy atom. The zero-order chi connectivity index (χ0) is 11.5. The van der Waals surface area contributed by atoms with E-state index in [1.54, 1.807) is 6.07 Å². The van der Waals surface area contributed by atoms with Gasteiger partial charge in [-0.2, -0.15) is 0 Å². The van der Waals surface area contributed by atoms with Crippen LogP contribution in [-0.2, 0) is 0 Å². The van der Waals surface area contributed by atoms with Gasteiger partial charge in [0, 0.05) is 6.54 Å². The van der Waals surface area contributed by atoms with E-state index >= 15 is 0 Å². The third kappa shape index (κ3) is 1.87. The highest BCUT2D eigenvalue weighted by Crippen LogP contribution is 2.25. The first-order valence-corrected chi connectivity index (χ1v) is 5.31. The number of fused-ring (bicyclic) bond motifs is 1. The second kappa shape index (κ2) is 4.51. The summed E-state index contributed by atoms with van der Waals surface area (Å²) < 4.78 is 17.8. The number of aryl methyl sites for hydroxylation is 1. The van der Waals surface area contributed by atoms with Crippen molar-refractivity contribution in [2.45, 2.75) is 6.92 Å². The van der Waals surface area contributed by atoms with Crippen molar-refractivity contribution in [3.05, 3.63) is 29.3 Å². The van der Waals surface area contributed by atoms with Gasteiger partial charge in [0.1, 0.15) is 19.0 Å². The molecule has 1 aliphatic rings. The topological polar surface area (TPSA) is 29.5 Å². The second-order valence-corrected chi connectivity index (χ2v) is 3.78. The molecule has 3 nitrogen and oxygen atoms in total. The smallest absolute Gasteiger partial charge is 0.258 e. The minimum absolute atomic E-state index is 0.135. The predicted octanol–water partition coefficient (Wildman–Crippen LogP) is 1.80. The summed E-state index contributed by atoms with van der Waals surface area (Å²) in [7, 11) is 0. The summed E-state index contributed by atoms with van der Waals surface area (Å²) in [6, 6.07) is 5.49. The van der Waals surface area contributed by atoms with Gasteiger partial charge in [0.15, 0.2) is 0 Å². The number of carbonyl (C=O) groups excluding carboxylic acids is 1. The number of benzene rings is 1. The van der Waals surface area contributed by atoms with Gasteiger partial charge in [-0.15, -0.1) is 0 Å². The molecule has 0 aliphatic carbocycles. The first kappa shape index (κ1) is 10.9. The minimum atomic E-state index is -0.521. The van der Waals surface area contributed by atoms with Crippen molar-refractivity contribution in [1.82, 2.24) is 4.90 Å². The highest BCUT2D eigenvalue weighted by molar-refractivity contribution is 5.98. The Morgan fingerprint density at radius 1 is 1.50 bits per heavy atom. The first-order chi connectivity index (χ1) is 7.74. The van der Waals surface area contributed by atoms with E-state index in [4.69, 9.17) is 4.74 Å². The maximum atomic E-state index is 12.3. The monoisotopic (exact) mass is 223 g/mol. The summed E-state index contributed by atoms with van der Waals surface area (Å²) in [5.74, 6) is 0.467. The quantitative estimate of drug-likeness (QED) is 0.765. The molecule has 0 atom stereocenters. The molecule has 0 N–H and O–H groups in total. The molecule has 0 fully saturated rings. The molecule has 2 rings (SSSR count). The molecular formula is C12H14FNO2. The van der Waals surface area contributed by atoms with Crippen molar-refractivity contribution in [3.8, 4) is 5.75 Å². The third-order valence-corrected chi connectivity index (χ3v) is 2.71. The van der Waals surface area contributed by atoms with Gasteiger partial charge < -0.3 is 9.64 Å². The van der Waals surface area contributed by atoms with Crippen molar-refractivity contribution >= 4 is 5.91 Å². The Hall–Kier alpha value is -1.58. The van der Waals surface area contributed by atoms with E-state index in [9.17, 15) is 9.18 Å². The van der Waals surface area contributed by atoms with Crippen LogP contribution in [0.5, 0.6) is 5.75 Å². The normalized spacial score (nSPS) is 15.4. The summed E-state index contributed by atoms with van der Waals surface area (Å²) in [6.07, 6.45) is 0. The van der Waals surface area contributed by atoms with Crippen molar-refractivity contribution in [2.75, 3.05) is 26.4 Å². The molecule has 0 spiro atoms. The largest absolute Gasteiger partial charge is 0.491 e. The van der Waals surface area contributed by atoms with E-state index in [0.29, 0.717) is 24.5 Å². The SMILES string of the molecule is Cc1cccc2c1C(=O)N(CCF)CCO2. The molecule has 0 saturated carbocycles. The Bertz CT molecular complexity index is 406. The lowest BCUT2D eigenvalue weighted by molar-refractivity contribution is 0.0744. The Kier molecular flexibility index (Phi) is 3.08. The molecule has 0 unspecified atom stereocenters. The molecule has 0 saturated heterocycles. The molecule has 1 aromatic rings. The van der Waals surface area contributed by atoms with Crippen LogP contribution >= 0.6 is 0 Å². The van der Waals surface area contributed by atoms with E-state index in [1.807, 2.05) is 19.1 Å². The summed E-state index contributed by atoms with van der Waals surface area (Å²) in [4.78, 5) is 13.6. The fraction of sp³-hybridized carbons (Fsp3) is 0.417. The number of alkyl halides is 1. The molecule has 1 amide bonds. The molecule has 1 heterocycles. The van der Waals surface area contributed by atoms with Gasteiger partial charge in [-0.25, -0.2) is 4.39 Å². The van der Waals surface area contributed by atoms with Gasteiger partial charge in [0.2, 0.25) is 0 Å². The molecule has 0 radical (unpaired) electrons. The number of rotatable bonds is 2. The van der Waals surface area contributed by atoms with Crippen LogP contribution in [0, 0.1) is 6.92 Å². The maximum Gasteiger partial charge on any atom is 0.258 e. The summed E-state index contributed by atoms with van der Waals surface area (Å²) in [5.41, 5.74) is 1.43. The fourth-order valence-electron chi connectivity index (χ4n) is 1.88. The molecule has 1 aliphatic heterocycles. The highest BCUT2D eigenvalue weighted by Gasteiger charge is 2.24. The summed E-state index contributed by atoms with van der Waals surface area (Å²) in [6.45, 7) is 2.33. The average Bonchev–Trinajstić information content (AvgIpc) is 2.41. The lowest BCUT2D eigenvalue weighted by Gasteiger charge is -2.18. The number of ether oxygens (including phenoxy) is 1. The number of halogens is 1. The van der Waals surface area contributed by atoms with Gasteiger partial charge in [0.25, 0.3) is 5.91 Å². The second-order valence-electron chi connectivity index (χ2n) is 3.78. The van der Waals surface area contributed by atoms with Gasteiger partial charge >= 0.3 is 0 Å². The average molecular weight is 223 g/mol. The molecule has 1 aromatic carbocycles. The molecular weight excluding hydrogens is 209 g/mol. The highest BCUT2D eigenvalue weighted by atomic mass is 19.1. The fourth-order valence-corrected chi connectivity index (χ4v) is 1.88. The van der Waals surface area contributed by atoms with Crippen molar-refractivity contribution in [3.63, 3.8) is 0 Å². The number of amides is 1. The first-order valence-electron chi connectivity index (χ1n) is 5.31. The van der Waals surface area contributed by atoms with Crippen LogP contribution < -0.4 is 4.74 Å². The Morgan fingerprint density at radius 2 is 2.31 bits per heavy atom. The van der Waals surface area contributed by atoms with Gasteiger partial charge in [-0.1, -0.05) is 12.1 Å². The van der Waals surface area contributed by atoms with E-state index in [0.717, 1.165) is 5.56 Å². The molecule has 0 aromatic heterocycles. The minimum Gasteiger partial charge on any atom is -0.491 e. The van der Waals surface area contributed by atoms with Crippen LogP contribution in [0.25, 0.3) is 0 Å². The zero-order valence-corrected chi connectivity index (χ0v) is 9.20. The summed E-state index contributed by atoms with van der Waals surface area (Å²) in [5, 5.41) is 0. The predicted molar refractivity (Wildman–Crippen MR) is 58.6 cm³/mol. The molecule has 86 valence electrons. The van der Waals surface area contributed by atoms with Crippen LogP contribution in [0.15, 0.2) is 18.2 Å². The van der Waals surface area contributed by atoms with E-state index in [-0.39, 0.29) is 12.5 Å². The van der Waals surface area contributed by atoms with Crippen LogP contribution in [0.4, 0.5) is 4.39 Å². The number of hydrogen-bond donors (Lipinski definition) is 0. The zero-order valence-electron chi connectivity index (χ0n) is 9.20. The van der Waals surface area contributed by atoms with Gasteiger partial charge in [-0.05, 0) is 18.6 Å². The van der Waals surface area contributed by atoms with Crippen molar-refractivity contribution < 1.29 is 13.9 Å². The lowest BCUT2D eigenvalue weighted by Crippen LogP contribution is -2.34. The molecule has 16 heavy (non-hydrogen) atoms. The van der Waals surface area contributed by atoms with E-state index in [2.05, 4.69) is 0 Å². The lowest BCUT2D eigenvalue weighted by atomic mass is 10.1. The number of hydrogen-bond acceptors (Lipinski definition) is 2. The standard InChI is InChI=1S/C12H14FNO2/c1-9-3-2-4-10-11(9)12(15)14(6-5-13)7-8-16-10/h2-4H,5-8H2,1H3. The van der Waals surface area contributed by atoms with Crippen molar-refractivity contribution in [2.24, 2.45) is 0 Å². The van der Waals surface area contributed by atoms with Crippen LogP contribution in [0.3, 0.4) is 0 Å².